The molecule has 0 bridgehead atoms. The number of thiazole rings is 1. The molecule has 0 amide bonds. The van der Waals surface area contributed by atoms with E-state index in [2.05, 4.69) is 22.6 Å². The third kappa shape index (κ3) is 4.71. The molecular formula is C24H23IN2O4S2. The number of rotatable bonds is 7. The van der Waals surface area contributed by atoms with E-state index in [9.17, 15) is 9.59 Å². The molecule has 0 spiro atoms. The number of thiophene rings is 1. The van der Waals surface area contributed by atoms with E-state index in [4.69, 9.17) is 14.5 Å². The third-order valence-electron chi connectivity index (χ3n) is 5.18. The number of esters is 1. The number of fused-ring (bicyclic) bond motifs is 1. The molecule has 4 rings (SSSR count). The number of carbonyl (C=O) groups excluding carboxylic acids is 1. The van der Waals surface area contributed by atoms with E-state index in [0.29, 0.717) is 27.0 Å². The van der Waals surface area contributed by atoms with Crippen LogP contribution in [0.2, 0.25) is 0 Å². The zero-order chi connectivity index (χ0) is 23.5. The Bertz CT molecular complexity index is 1390. The van der Waals surface area contributed by atoms with Gasteiger partial charge in [-0.1, -0.05) is 36.8 Å². The highest BCUT2D eigenvalue weighted by Gasteiger charge is 2.34. The summed E-state index contributed by atoms with van der Waals surface area (Å²) in [5.74, 6) is 0.372. The molecule has 0 aliphatic carbocycles. The summed E-state index contributed by atoms with van der Waals surface area (Å²) in [5.41, 5.74) is 1.89. The first kappa shape index (κ1) is 23.9. The number of halogens is 1. The van der Waals surface area contributed by atoms with Gasteiger partial charge in [-0.2, -0.15) is 0 Å². The molecule has 0 saturated heterocycles. The number of aromatic nitrogens is 1. The Labute approximate surface area is 213 Å². The van der Waals surface area contributed by atoms with E-state index in [1.165, 1.54) is 22.7 Å². The van der Waals surface area contributed by atoms with Crippen molar-refractivity contribution in [3.63, 3.8) is 0 Å². The third-order valence-corrected chi connectivity index (χ3v) is 7.93. The van der Waals surface area contributed by atoms with Gasteiger partial charge >= 0.3 is 5.97 Å². The van der Waals surface area contributed by atoms with E-state index < -0.39 is 12.0 Å². The summed E-state index contributed by atoms with van der Waals surface area (Å²) in [5, 5.41) is 1.95. The van der Waals surface area contributed by atoms with Gasteiger partial charge in [0.15, 0.2) is 4.80 Å². The van der Waals surface area contributed by atoms with Crippen molar-refractivity contribution in [3.05, 3.63) is 80.7 Å². The van der Waals surface area contributed by atoms with Crippen LogP contribution in [0.5, 0.6) is 5.75 Å². The number of carbonyl (C=O) groups is 1. The fourth-order valence-electron chi connectivity index (χ4n) is 3.76. The van der Waals surface area contributed by atoms with Crippen molar-refractivity contribution in [2.24, 2.45) is 4.99 Å². The van der Waals surface area contributed by atoms with Crippen LogP contribution in [-0.2, 0) is 9.53 Å². The average molecular weight is 594 g/mol. The number of nitrogens with zero attached hydrogens (tertiary/aromatic N) is 2. The highest BCUT2D eigenvalue weighted by atomic mass is 127. The van der Waals surface area contributed by atoms with E-state index >= 15 is 0 Å². The fraction of sp³-hybridized carbons (Fsp3) is 0.292. The Morgan fingerprint density at radius 1 is 1.30 bits per heavy atom. The Kier molecular flexibility index (Phi) is 7.50. The fourth-order valence-corrected chi connectivity index (χ4v) is 6.36. The molecule has 0 saturated carbocycles. The SMILES string of the molecule is CCCC1=C(C(=O)OCC)C(c2cccs2)n2c(s/c(=C\c3ccc(OC)c(I)c3)c2=O)=N1. The number of hydrogen-bond acceptors (Lipinski definition) is 7. The molecule has 9 heteroatoms. The second-order valence-electron chi connectivity index (χ2n) is 7.32. The van der Waals surface area contributed by atoms with Gasteiger partial charge in [-0.15, -0.1) is 11.3 Å². The predicted octanol–water partition coefficient (Wildman–Crippen LogP) is 4.25. The zero-order valence-electron chi connectivity index (χ0n) is 18.5. The summed E-state index contributed by atoms with van der Waals surface area (Å²) >= 11 is 5.07. The van der Waals surface area contributed by atoms with Crippen molar-refractivity contribution in [1.82, 2.24) is 4.57 Å². The van der Waals surface area contributed by atoms with Crippen molar-refractivity contribution in [1.29, 1.82) is 0 Å². The van der Waals surface area contributed by atoms with Crippen LogP contribution in [0.4, 0.5) is 0 Å². The standard InChI is InChI=1S/C24H23IN2O4S2/c1-4-7-16-20(23(29)31-5-2)21(18-8-6-11-32-18)27-22(28)19(33-24(27)26-16)13-14-9-10-17(30-3)15(25)12-14/h6,8-13,21H,4-5,7H2,1-3H3/b19-13-. The van der Waals surface area contributed by atoms with Crippen molar-refractivity contribution >= 4 is 57.3 Å². The van der Waals surface area contributed by atoms with Crippen LogP contribution in [0.15, 0.2) is 56.8 Å². The first-order chi connectivity index (χ1) is 16.0. The van der Waals surface area contributed by atoms with Gasteiger partial charge in [0.05, 0.1) is 33.1 Å². The van der Waals surface area contributed by atoms with Crippen LogP contribution >= 0.6 is 45.3 Å². The number of methoxy groups -OCH3 is 1. The molecule has 1 unspecified atom stereocenters. The molecule has 1 aromatic carbocycles. The van der Waals surface area contributed by atoms with E-state index in [1.54, 1.807) is 18.6 Å². The van der Waals surface area contributed by atoms with Gasteiger partial charge in [-0.05, 0) is 71.2 Å². The maximum Gasteiger partial charge on any atom is 0.338 e. The molecule has 6 nitrogen and oxygen atoms in total. The number of ether oxygens (including phenoxy) is 2. The maximum absolute atomic E-state index is 13.6. The minimum absolute atomic E-state index is 0.166. The van der Waals surface area contributed by atoms with Crippen molar-refractivity contribution in [2.75, 3.05) is 13.7 Å². The van der Waals surface area contributed by atoms with Gasteiger partial charge in [0.1, 0.15) is 11.8 Å². The first-order valence-electron chi connectivity index (χ1n) is 10.6. The normalized spacial score (nSPS) is 15.9. The van der Waals surface area contributed by atoms with Gasteiger partial charge in [-0.3, -0.25) is 9.36 Å². The van der Waals surface area contributed by atoms with E-state index in [0.717, 1.165) is 26.2 Å². The number of allylic oxidation sites excluding steroid dienone is 1. The summed E-state index contributed by atoms with van der Waals surface area (Å²) in [4.78, 5) is 32.9. The summed E-state index contributed by atoms with van der Waals surface area (Å²) in [6.07, 6.45) is 3.33. The van der Waals surface area contributed by atoms with Gasteiger partial charge in [0, 0.05) is 4.88 Å². The minimum Gasteiger partial charge on any atom is -0.496 e. The monoisotopic (exact) mass is 594 g/mol. The molecule has 0 N–H and O–H groups in total. The minimum atomic E-state index is -0.542. The first-order valence-corrected chi connectivity index (χ1v) is 13.3. The molecule has 1 atom stereocenters. The lowest BCUT2D eigenvalue weighted by atomic mass is 9.99. The van der Waals surface area contributed by atoms with Gasteiger partial charge < -0.3 is 9.47 Å². The molecular weight excluding hydrogens is 571 g/mol. The lowest BCUT2D eigenvalue weighted by Crippen LogP contribution is -2.39. The van der Waals surface area contributed by atoms with Crippen molar-refractivity contribution in [2.45, 2.75) is 32.7 Å². The van der Waals surface area contributed by atoms with Crippen LogP contribution in [-0.4, -0.2) is 24.3 Å². The quantitative estimate of drug-likeness (QED) is 0.303. The van der Waals surface area contributed by atoms with Crippen LogP contribution in [0.1, 0.15) is 43.2 Å². The Morgan fingerprint density at radius 3 is 2.76 bits per heavy atom. The zero-order valence-corrected chi connectivity index (χ0v) is 22.3. The smallest absolute Gasteiger partial charge is 0.338 e. The topological polar surface area (TPSA) is 69.9 Å². The largest absolute Gasteiger partial charge is 0.496 e. The summed E-state index contributed by atoms with van der Waals surface area (Å²) in [6.45, 7) is 4.09. The van der Waals surface area contributed by atoms with Crippen LogP contribution < -0.4 is 19.6 Å². The van der Waals surface area contributed by atoms with Crippen LogP contribution in [0.25, 0.3) is 6.08 Å². The lowest BCUT2D eigenvalue weighted by Gasteiger charge is -2.24. The van der Waals surface area contributed by atoms with E-state index in [1.807, 2.05) is 48.7 Å². The molecule has 0 fully saturated rings. The lowest BCUT2D eigenvalue weighted by molar-refractivity contribution is -0.139. The van der Waals surface area contributed by atoms with Crippen molar-refractivity contribution < 1.29 is 14.3 Å². The van der Waals surface area contributed by atoms with Gasteiger partial charge in [0.2, 0.25) is 0 Å². The second-order valence-corrected chi connectivity index (χ2v) is 10.5. The average Bonchev–Trinajstić information content (AvgIpc) is 3.42. The Hall–Kier alpha value is -2.24. The molecule has 33 heavy (non-hydrogen) atoms. The van der Waals surface area contributed by atoms with Crippen LogP contribution in [0.3, 0.4) is 0 Å². The molecule has 2 aromatic heterocycles. The number of benzene rings is 1. The van der Waals surface area contributed by atoms with Crippen LogP contribution in [0, 0.1) is 3.57 Å². The second kappa shape index (κ2) is 10.4. The summed E-state index contributed by atoms with van der Waals surface area (Å²) < 4.78 is 13.9. The Morgan fingerprint density at radius 2 is 2.12 bits per heavy atom. The Balaban J connectivity index is 1.94. The predicted molar refractivity (Wildman–Crippen MR) is 140 cm³/mol. The van der Waals surface area contributed by atoms with Crippen molar-refractivity contribution in [3.8, 4) is 5.75 Å². The molecule has 1 aliphatic heterocycles. The van der Waals surface area contributed by atoms with E-state index in [-0.39, 0.29) is 12.2 Å². The van der Waals surface area contributed by atoms with Gasteiger partial charge in [-0.25, -0.2) is 9.79 Å². The molecule has 1 aliphatic rings. The molecule has 3 aromatic rings. The maximum atomic E-state index is 13.6. The summed E-state index contributed by atoms with van der Waals surface area (Å²) in [6, 6.07) is 9.12. The number of hydrogen-bond donors (Lipinski definition) is 0. The van der Waals surface area contributed by atoms with Gasteiger partial charge in [0.25, 0.3) is 5.56 Å². The molecule has 3 heterocycles. The molecule has 0 radical (unpaired) electrons. The summed E-state index contributed by atoms with van der Waals surface area (Å²) in [7, 11) is 1.63. The molecule has 172 valence electrons. The highest BCUT2D eigenvalue weighted by Crippen LogP contribution is 2.34. The highest BCUT2D eigenvalue weighted by molar-refractivity contribution is 14.1.